The first-order valence-electron chi connectivity index (χ1n) is 11.6. The number of benzene rings is 2. The fourth-order valence-corrected chi connectivity index (χ4v) is 4.63. The summed E-state index contributed by atoms with van der Waals surface area (Å²) >= 11 is 0. The van der Waals surface area contributed by atoms with Gasteiger partial charge in [0.2, 0.25) is 0 Å². The van der Waals surface area contributed by atoms with Gasteiger partial charge in [-0.3, -0.25) is 14.5 Å². The van der Waals surface area contributed by atoms with E-state index in [1.54, 1.807) is 23.1 Å². The summed E-state index contributed by atoms with van der Waals surface area (Å²) in [4.78, 5) is 30.2. The highest BCUT2D eigenvalue weighted by Crippen LogP contribution is 2.41. The van der Waals surface area contributed by atoms with Crippen molar-refractivity contribution in [3.8, 4) is 11.5 Å². The molecular weight excluding hydrogens is 436 g/mol. The number of morpholine rings is 1. The third-order valence-electron chi connectivity index (χ3n) is 6.51. The topological polar surface area (TPSA) is 88.5 Å². The van der Waals surface area contributed by atoms with Crippen LogP contribution in [0.1, 0.15) is 22.7 Å². The van der Waals surface area contributed by atoms with Gasteiger partial charge in [0.1, 0.15) is 19.0 Å². The van der Waals surface area contributed by atoms with Crippen molar-refractivity contribution in [2.75, 3.05) is 52.6 Å². The Hall–Kier alpha value is -3.36. The second kappa shape index (κ2) is 9.48. The van der Waals surface area contributed by atoms with Crippen LogP contribution >= 0.6 is 0 Å². The predicted molar refractivity (Wildman–Crippen MR) is 125 cm³/mol. The molecule has 1 N–H and O–H groups in total. The molecule has 1 amide bonds. The molecule has 0 aromatic heterocycles. The number of Topliss-reactive ketones (excluding diaryl/α,β-unsaturated/α-hetero) is 1. The number of nitrogens with zero attached hydrogens (tertiary/aromatic N) is 2. The van der Waals surface area contributed by atoms with Crippen LogP contribution in [-0.2, 0) is 14.3 Å². The summed E-state index contributed by atoms with van der Waals surface area (Å²) in [7, 11) is 0. The van der Waals surface area contributed by atoms with Crippen LogP contribution in [0.2, 0.25) is 0 Å². The lowest BCUT2D eigenvalue weighted by Crippen LogP contribution is -2.42. The summed E-state index contributed by atoms with van der Waals surface area (Å²) < 4.78 is 16.6. The van der Waals surface area contributed by atoms with Gasteiger partial charge in [-0.25, -0.2) is 0 Å². The average Bonchev–Trinajstić information content (AvgIpc) is 3.12. The second-order valence-electron chi connectivity index (χ2n) is 8.72. The van der Waals surface area contributed by atoms with Crippen molar-refractivity contribution < 1.29 is 28.9 Å². The van der Waals surface area contributed by atoms with E-state index in [0.29, 0.717) is 56.6 Å². The summed E-state index contributed by atoms with van der Waals surface area (Å²) in [5.41, 5.74) is 2.35. The van der Waals surface area contributed by atoms with Gasteiger partial charge < -0.3 is 24.2 Å². The zero-order valence-corrected chi connectivity index (χ0v) is 19.2. The Bertz CT molecular complexity index is 1120. The maximum Gasteiger partial charge on any atom is 0.295 e. The standard InChI is InChI=1S/C26H28N2O6/c1-17-2-4-18(5-3-17)23-22(24(29)19-6-7-20-21(16-19)34-15-14-33-20)25(30)26(31)28(23)9-8-27-10-12-32-13-11-27/h2-7,16,23,29H,8-15H2,1H3/b24-22-. The van der Waals surface area contributed by atoms with E-state index in [9.17, 15) is 14.7 Å². The van der Waals surface area contributed by atoms with Gasteiger partial charge in [0, 0.05) is 31.7 Å². The number of hydrogen-bond donors (Lipinski definition) is 1. The van der Waals surface area contributed by atoms with Crippen LogP contribution in [0.15, 0.2) is 48.0 Å². The quantitative estimate of drug-likeness (QED) is 0.413. The number of aryl methyl sites for hydroxylation is 1. The molecule has 5 rings (SSSR count). The molecule has 2 saturated heterocycles. The van der Waals surface area contributed by atoms with E-state index in [4.69, 9.17) is 14.2 Å². The SMILES string of the molecule is Cc1ccc(C2/C(=C(/O)c3ccc4c(c3)OCCO4)C(=O)C(=O)N2CCN2CCOCC2)cc1. The highest BCUT2D eigenvalue weighted by molar-refractivity contribution is 6.46. The molecule has 0 radical (unpaired) electrons. The molecule has 2 aromatic rings. The first-order chi connectivity index (χ1) is 16.5. The van der Waals surface area contributed by atoms with E-state index in [-0.39, 0.29) is 11.3 Å². The van der Waals surface area contributed by atoms with Crippen molar-refractivity contribution in [3.05, 3.63) is 64.7 Å². The van der Waals surface area contributed by atoms with Crippen LogP contribution in [0, 0.1) is 6.92 Å². The summed E-state index contributed by atoms with van der Waals surface area (Å²) in [5.74, 6) is -0.403. The normalized spacial score (nSPS) is 22.3. The van der Waals surface area contributed by atoms with E-state index in [2.05, 4.69) is 4.90 Å². The number of likely N-dealkylation sites (tertiary alicyclic amines) is 1. The molecule has 2 fully saturated rings. The van der Waals surface area contributed by atoms with Crippen molar-refractivity contribution in [1.82, 2.24) is 9.80 Å². The van der Waals surface area contributed by atoms with Crippen LogP contribution in [0.25, 0.3) is 5.76 Å². The Morgan fingerprint density at radius 1 is 0.941 bits per heavy atom. The molecule has 8 heteroatoms. The van der Waals surface area contributed by atoms with E-state index in [1.807, 2.05) is 31.2 Å². The number of aliphatic hydroxyl groups is 1. The van der Waals surface area contributed by atoms with Crippen molar-refractivity contribution in [3.63, 3.8) is 0 Å². The Morgan fingerprint density at radius 3 is 2.38 bits per heavy atom. The van der Waals surface area contributed by atoms with Crippen molar-refractivity contribution >= 4 is 17.4 Å². The molecule has 34 heavy (non-hydrogen) atoms. The molecule has 0 spiro atoms. The van der Waals surface area contributed by atoms with E-state index < -0.39 is 17.7 Å². The molecule has 0 bridgehead atoms. The molecular formula is C26H28N2O6. The Balaban J connectivity index is 1.53. The minimum Gasteiger partial charge on any atom is -0.507 e. The first kappa shape index (κ1) is 22.4. The molecule has 3 aliphatic rings. The largest absolute Gasteiger partial charge is 0.507 e. The highest BCUT2D eigenvalue weighted by atomic mass is 16.6. The van der Waals surface area contributed by atoms with Gasteiger partial charge in [0.25, 0.3) is 11.7 Å². The lowest BCUT2D eigenvalue weighted by Gasteiger charge is -2.31. The fraction of sp³-hybridized carbons (Fsp3) is 0.385. The van der Waals surface area contributed by atoms with Gasteiger partial charge >= 0.3 is 0 Å². The van der Waals surface area contributed by atoms with Gasteiger partial charge in [0.05, 0.1) is 24.8 Å². The van der Waals surface area contributed by atoms with Crippen molar-refractivity contribution in [1.29, 1.82) is 0 Å². The Kier molecular flexibility index (Phi) is 6.26. The average molecular weight is 465 g/mol. The fourth-order valence-electron chi connectivity index (χ4n) is 4.63. The third kappa shape index (κ3) is 4.26. The van der Waals surface area contributed by atoms with Gasteiger partial charge in [-0.15, -0.1) is 0 Å². The summed E-state index contributed by atoms with van der Waals surface area (Å²) in [6.07, 6.45) is 0. The number of fused-ring (bicyclic) bond motifs is 1. The molecule has 2 aromatic carbocycles. The molecule has 0 aliphatic carbocycles. The zero-order valence-electron chi connectivity index (χ0n) is 19.2. The third-order valence-corrected chi connectivity index (χ3v) is 6.51. The molecule has 178 valence electrons. The molecule has 1 atom stereocenters. The van der Waals surface area contributed by atoms with Crippen molar-refractivity contribution in [2.24, 2.45) is 0 Å². The van der Waals surface area contributed by atoms with Gasteiger partial charge in [-0.05, 0) is 30.7 Å². The van der Waals surface area contributed by atoms with Gasteiger partial charge in [-0.2, -0.15) is 0 Å². The molecule has 0 saturated carbocycles. The monoisotopic (exact) mass is 464 g/mol. The zero-order chi connectivity index (χ0) is 23.7. The van der Waals surface area contributed by atoms with Crippen LogP contribution in [0.5, 0.6) is 11.5 Å². The minimum atomic E-state index is -0.681. The van der Waals surface area contributed by atoms with Crippen LogP contribution in [0.3, 0.4) is 0 Å². The number of aliphatic hydroxyl groups excluding tert-OH is 1. The van der Waals surface area contributed by atoms with E-state index >= 15 is 0 Å². The molecule has 8 nitrogen and oxygen atoms in total. The molecule has 3 heterocycles. The second-order valence-corrected chi connectivity index (χ2v) is 8.72. The number of hydrogen-bond acceptors (Lipinski definition) is 7. The highest BCUT2D eigenvalue weighted by Gasteiger charge is 2.46. The van der Waals surface area contributed by atoms with E-state index in [0.717, 1.165) is 24.2 Å². The Labute approximate surface area is 198 Å². The number of rotatable bonds is 5. The summed E-state index contributed by atoms with van der Waals surface area (Å²) in [6, 6.07) is 12.1. The number of amides is 1. The molecule has 1 unspecified atom stereocenters. The first-order valence-corrected chi connectivity index (χ1v) is 11.6. The maximum absolute atomic E-state index is 13.2. The van der Waals surface area contributed by atoms with E-state index in [1.165, 1.54) is 0 Å². The number of ketones is 1. The molecule has 3 aliphatic heterocycles. The number of carbonyl (C=O) groups is 2. The maximum atomic E-state index is 13.2. The van der Waals surface area contributed by atoms with Crippen LogP contribution < -0.4 is 9.47 Å². The van der Waals surface area contributed by atoms with Crippen LogP contribution in [0.4, 0.5) is 0 Å². The van der Waals surface area contributed by atoms with Gasteiger partial charge in [-0.1, -0.05) is 29.8 Å². The summed E-state index contributed by atoms with van der Waals surface area (Å²) in [5, 5.41) is 11.3. The lowest BCUT2D eigenvalue weighted by atomic mass is 9.94. The summed E-state index contributed by atoms with van der Waals surface area (Å²) in [6.45, 7) is 6.74. The van der Waals surface area contributed by atoms with Crippen molar-refractivity contribution in [2.45, 2.75) is 13.0 Å². The smallest absolute Gasteiger partial charge is 0.295 e. The van der Waals surface area contributed by atoms with Gasteiger partial charge in [0.15, 0.2) is 11.5 Å². The Morgan fingerprint density at radius 2 is 1.65 bits per heavy atom. The lowest BCUT2D eigenvalue weighted by molar-refractivity contribution is -0.140. The number of ether oxygens (including phenoxy) is 3. The predicted octanol–water partition coefficient (Wildman–Crippen LogP) is 2.52. The minimum absolute atomic E-state index is 0.0903. The number of carbonyl (C=O) groups excluding carboxylic acids is 2. The van der Waals surface area contributed by atoms with Crippen LogP contribution in [-0.4, -0.2) is 79.2 Å².